The smallest absolute Gasteiger partial charge is 0.204 e. The van der Waals surface area contributed by atoms with Gasteiger partial charge in [-0.1, -0.05) is 63.1 Å². The molecule has 0 atom stereocenters. The van der Waals surface area contributed by atoms with Gasteiger partial charge in [0.2, 0.25) is 5.75 Å². The zero-order chi connectivity index (χ0) is 22.1. The third-order valence-corrected chi connectivity index (χ3v) is 5.05. The Bertz CT molecular complexity index is 966. The molecule has 0 saturated heterocycles. The van der Waals surface area contributed by atoms with E-state index in [0.29, 0.717) is 35.4 Å². The molecule has 3 aromatic rings. The standard InChI is InChI=1S/C27H32O4/c1-5-10-20-14-15-23(24(16-20)28-3)31-26-18-22(11-6-2)17-25(29-4)27(26)30-19-21-12-8-7-9-13-21/h7-9,12-18H,5-6,10-11,19H2,1-4H3. The Kier molecular flexibility index (Phi) is 8.22. The number of hydrogen-bond acceptors (Lipinski definition) is 4. The maximum Gasteiger partial charge on any atom is 0.204 e. The van der Waals surface area contributed by atoms with Gasteiger partial charge in [0.05, 0.1) is 14.2 Å². The van der Waals surface area contributed by atoms with Crippen LogP contribution in [0.5, 0.6) is 28.7 Å². The average molecular weight is 421 g/mol. The first-order valence-electron chi connectivity index (χ1n) is 10.9. The normalized spacial score (nSPS) is 10.6. The van der Waals surface area contributed by atoms with E-state index in [1.54, 1.807) is 14.2 Å². The van der Waals surface area contributed by atoms with Gasteiger partial charge in [0, 0.05) is 0 Å². The van der Waals surface area contributed by atoms with Crippen LogP contribution in [0.2, 0.25) is 0 Å². The fourth-order valence-corrected chi connectivity index (χ4v) is 3.52. The second-order valence-corrected chi connectivity index (χ2v) is 7.49. The van der Waals surface area contributed by atoms with Gasteiger partial charge in [-0.2, -0.15) is 0 Å². The van der Waals surface area contributed by atoms with Gasteiger partial charge in [0.25, 0.3) is 0 Å². The summed E-state index contributed by atoms with van der Waals surface area (Å²) in [6, 6.07) is 20.2. The van der Waals surface area contributed by atoms with E-state index in [1.807, 2.05) is 54.6 Å². The predicted octanol–water partition coefficient (Wildman–Crippen LogP) is 6.98. The molecule has 0 spiro atoms. The molecule has 0 aromatic heterocycles. The molecule has 4 heteroatoms. The van der Waals surface area contributed by atoms with Crippen LogP contribution in [-0.4, -0.2) is 14.2 Å². The first kappa shape index (κ1) is 22.5. The van der Waals surface area contributed by atoms with Crippen LogP contribution in [0.25, 0.3) is 0 Å². The lowest BCUT2D eigenvalue weighted by Gasteiger charge is -2.19. The van der Waals surface area contributed by atoms with E-state index in [2.05, 4.69) is 19.9 Å². The summed E-state index contributed by atoms with van der Waals surface area (Å²) in [6.07, 6.45) is 4.04. The molecule has 31 heavy (non-hydrogen) atoms. The van der Waals surface area contributed by atoms with Crippen molar-refractivity contribution in [3.05, 3.63) is 77.4 Å². The summed E-state index contributed by atoms with van der Waals surface area (Å²) in [4.78, 5) is 0. The lowest BCUT2D eigenvalue weighted by atomic mass is 10.1. The van der Waals surface area contributed by atoms with Crippen molar-refractivity contribution in [2.75, 3.05) is 14.2 Å². The lowest BCUT2D eigenvalue weighted by molar-refractivity contribution is 0.269. The van der Waals surface area contributed by atoms with Crippen molar-refractivity contribution in [3.8, 4) is 28.7 Å². The summed E-state index contributed by atoms with van der Waals surface area (Å²) in [6.45, 7) is 4.74. The van der Waals surface area contributed by atoms with Crippen molar-refractivity contribution in [2.24, 2.45) is 0 Å². The maximum absolute atomic E-state index is 6.35. The van der Waals surface area contributed by atoms with Crippen molar-refractivity contribution in [1.82, 2.24) is 0 Å². The fraction of sp³-hybridized carbons (Fsp3) is 0.333. The van der Waals surface area contributed by atoms with E-state index in [0.717, 1.165) is 36.8 Å². The summed E-state index contributed by atoms with van der Waals surface area (Å²) >= 11 is 0. The van der Waals surface area contributed by atoms with E-state index in [-0.39, 0.29) is 0 Å². The maximum atomic E-state index is 6.35. The Balaban J connectivity index is 1.97. The highest BCUT2D eigenvalue weighted by Crippen LogP contribution is 2.43. The molecule has 0 aliphatic carbocycles. The number of rotatable bonds is 11. The van der Waals surface area contributed by atoms with Crippen LogP contribution in [0.15, 0.2) is 60.7 Å². The Labute approximate surface area is 185 Å². The van der Waals surface area contributed by atoms with Gasteiger partial charge < -0.3 is 18.9 Å². The van der Waals surface area contributed by atoms with Gasteiger partial charge in [0.1, 0.15) is 6.61 Å². The Morgan fingerprint density at radius 3 is 1.94 bits per heavy atom. The second-order valence-electron chi connectivity index (χ2n) is 7.49. The highest BCUT2D eigenvalue weighted by molar-refractivity contribution is 5.56. The molecule has 0 aliphatic heterocycles. The summed E-state index contributed by atoms with van der Waals surface area (Å²) in [5.74, 6) is 3.24. The zero-order valence-corrected chi connectivity index (χ0v) is 18.9. The first-order valence-corrected chi connectivity index (χ1v) is 10.9. The van der Waals surface area contributed by atoms with E-state index in [9.17, 15) is 0 Å². The molecular formula is C27H32O4. The first-order chi connectivity index (χ1) is 15.2. The minimum Gasteiger partial charge on any atom is -0.493 e. The van der Waals surface area contributed by atoms with Crippen molar-refractivity contribution in [3.63, 3.8) is 0 Å². The third kappa shape index (κ3) is 5.94. The van der Waals surface area contributed by atoms with Crippen molar-refractivity contribution < 1.29 is 18.9 Å². The van der Waals surface area contributed by atoms with Crippen LogP contribution < -0.4 is 18.9 Å². The molecule has 3 aromatic carbocycles. The fourth-order valence-electron chi connectivity index (χ4n) is 3.52. The molecular weight excluding hydrogens is 388 g/mol. The van der Waals surface area contributed by atoms with Gasteiger partial charge in [-0.3, -0.25) is 0 Å². The molecule has 0 bridgehead atoms. The van der Waals surface area contributed by atoms with Crippen LogP contribution in [0.3, 0.4) is 0 Å². The Morgan fingerprint density at radius 2 is 1.26 bits per heavy atom. The summed E-state index contributed by atoms with van der Waals surface area (Å²) in [5.41, 5.74) is 3.45. The summed E-state index contributed by atoms with van der Waals surface area (Å²) in [7, 11) is 3.32. The number of hydrogen-bond donors (Lipinski definition) is 0. The van der Waals surface area contributed by atoms with Crippen LogP contribution in [-0.2, 0) is 19.4 Å². The van der Waals surface area contributed by atoms with Crippen molar-refractivity contribution >= 4 is 0 Å². The molecule has 0 N–H and O–H groups in total. The molecule has 4 nitrogen and oxygen atoms in total. The SMILES string of the molecule is CCCc1ccc(Oc2cc(CCC)cc(OC)c2OCc2ccccc2)c(OC)c1. The molecule has 0 heterocycles. The number of aryl methyl sites for hydroxylation is 2. The zero-order valence-electron chi connectivity index (χ0n) is 18.9. The molecule has 0 radical (unpaired) electrons. The third-order valence-electron chi connectivity index (χ3n) is 5.05. The van der Waals surface area contributed by atoms with Gasteiger partial charge in [-0.05, 0) is 53.8 Å². The van der Waals surface area contributed by atoms with Crippen LogP contribution >= 0.6 is 0 Å². The Hall–Kier alpha value is -3.14. The van der Waals surface area contributed by atoms with E-state index in [1.165, 1.54) is 5.56 Å². The highest BCUT2D eigenvalue weighted by Gasteiger charge is 2.18. The molecule has 164 valence electrons. The molecule has 0 fully saturated rings. The van der Waals surface area contributed by atoms with Crippen LogP contribution in [0.1, 0.15) is 43.4 Å². The predicted molar refractivity (Wildman–Crippen MR) is 125 cm³/mol. The second kappa shape index (κ2) is 11.3. The van der Waals surface area contributed by atoms with E-state index in [4.69, 9.17) is 18.9 Å². The molecule has 3 rings (SSSR count). The van der Waals surface area contributed by atoms with Gasteiger partial charge in [0.15, 0.2) is 23.0 Å². The van der Waals surface area contributed by atoms with Crippen molar-refractivity contribution in [2.45, 2.75) is 46.1 Å². The monoisotopic (exact) mass is 420 g/mol. The molecule has 0 amide bonds. The van der Waals surface area contributed by atoms with Crippen LogP contribution in [0, 0.1) is 0 Å². The van der Waals surface area contributed by atoms with Crippen LogP contribution in [0.4, 0.5) is 0 Å². The van der Waals surface area contributed by atoms with E-state index < -0.39 is 0 Å². The minimum absolute atomic E-state index is 0.424. The van der Waals surface area contributed by atoms with Gasteiger partial charge in [-0.25, -0.2) is 0 Å². The molecule has 0 unspecified atom stereocenters. The number of benzene rings is 3. The summed E-state index contributed by atoms with van der Waals surface area (Å²) in [5, 5.41) is 0. The Morgan fingerprint density at radius 1 is 0.613 bits per heavy atom. The summed E-state index contributed by atoms with van der Waals surface area (Å²) < 4.78 is 23.8. The topological polar surface area (TPSA) is 36.9 Å². The number of methoxy groups -OCH3 is 2. The number of ether oxygens (including phenoxy) is 4. The lowest BCUT2D eigenvalue weighted by Crippen LogP contribution is -2.02. The highest BCUT2D eigenvalue weighted by atomic mass is 16.5. The molecule has 0 aliphatic rings. The molecule has 0 saturated carbocycles. The quantitative estimate of drug-likeness (QED) is 0.335. The van der Waals surface area contributed by atoms with Gasteiger partial charge in [-0.15, -0.1) is 0 Å². The average Bonchev–Trinajstić information content (AvgIpc) is 2.80. The van der Waals surface area contributed by atoms with Gasteiger partial charge >= 0.3 is 0 Å². The van der Waals surface area contributed by atoms with Crippen molar-refractivity contribution in [1.29, 1.82) is 0 Å². The minimum atomic E-state index is 0.424. The van der Waals surface area contributed by atoms with E-state index >= 15 is 0 Å². The largest absolute Gasteiger partial charge is 0.493 e.